The molecule has 0 aromatic heterocycles. The van der Waals surface area contributed by atoms with Crippen molar-refractivity contribution >= 4 is 0 Å². The van der Waals surface area contributed by atoms with Crippen LogP contribution in [-0.2, 0) is 0 Å². The Hall–Kier alpha value is -0.960. The summed E-state index contributed by atoms with van der Waals surface area (Å²) in [4.78, 5) is 0. The van der Waals surface area contributed by atoms with Crippen molar-refractivity contribution in [3.05, 3.63) is 34.9 Å². The first kappa shape index (κ1) is 14.4. The van der Waals surface area contributed by atoms with Crippen LogP contribution in [0.5, 0.6) is 0 Å². The molecule has 1 N–H and O–H groups in total. The summed E-state index contributed by atoms with van der Waals surface area (Å²) in [5.74, 6) is -0.646. The van der Waals surface area contributed by atoms with Gasteiger partial charge in [-0.15, -0.1) is 0 Å². The zero-order valence-electron chi connectivity index (χ0n) is 11.6. The maximum absolute atomic E-state index is 13.9. The van der Waals surface area contributed by atoms with E-state index in [1.165, 1.54) is 12.5 Å². The van der Waals surface area contributed by atoms with Gasteiger partial charge in [-0.1, -0.05) is 32.6 Å². The van der Waals surface area contributed by atoms with Crippen molar-refractivity contribution in [3.8, 4) is 0 Å². The van der Waals surface area contributed by atoms with Gasteiger partial charge in [-0.2, -0.15) is 0 Å². The molecule has 0 radical (unpaired) electrons. The van der Waals surface area contributed by atoms with Gasteiger partial charge in [0.25, 0.3) is 0 Å². The SMILES string of the molecule is CCC1CCCCC1C(O)c1cc(C)c(F)cc1F. The zero-order chi connectivity index (χ0) is 14.0. The van der Waals surface area contributed by atoms with Crippen LogP contribution in [0.1, 0.15) is 56.3 Å². The van der Waals surface area contributed by atoms with Gasteiger partial charge in [0, 0.05) is 11.6 Å². The topological polar surface area (TPSA) is 20.2 Å². The molecule has 1 aliphatic rings. The number of hydrogen-bond acceptors (Lipinski definition) is 1. The normalized spacial score (nSPS) is 25.3. The molecule has 0 heterocycles. The minimum atomic E-state index is -0.815. The van der Waals surface area contributed by atoms with Crippen LogP contribution in [0.15, 0.2) is 12.1 Å². The van der Waals surface area contributed by atoms with Crippen molar-refractivity contribution in [2.75, 3.05) is 0 Å². The van der Waals surface area contributed by atoms with E-state index in [1.807, 2.05) is 0 Å². The first-order chi connectivity index (χ1) is 9.04. The van der Waals surface area contributed by atoms with Gasteiger partial charge in [0.2, 0.25) is 0 Å². The molecule has 106 valence electrons. The van der Waals surface area contributed by atoms with Crippen LogP contribution < -0.4 is 0 Å². The van der Waals surface area contributed by atoms with Crippen LogP contribution in [0, 0.1) is 30.4 Å². The molecule has 19 heavy (non-hydrogen) atoms. The molecule has 0 bridgehead atoms. The highest BCUT2D eigenvalue weighted by molar-refractivity contribution is 5.28. The van der Waals surface area contributed by atoms with E-state index in [0.29, 0.717) is 11.5 Å². The molecule has 0 amide bonds. The van der Waals surface area contributed by atoms with E-state index in [4.69, 9.17) is 0 Å². The highest BCUT2D eigenvalue weighted by Gasteiger charge is 2.32. The molecule has 1 nitrogen and oxygen atoms in total. The lowest BCUT2D eigenvalue weighted by molar-refractivity contribution is 0.0426. The monoisotopic (exact) mass is 268 g/mol. The maximum atomic E-state index is 13.9. The molecule has 1 fully saturated rings. The van der Waals surface area contributed by atoms with E-state index in [2.05, 4.69) is 6.92 Å². The third kappa shape index (κ3) is 2.97. The Balaban J connectivity index is 2.27. The minimum Gasteiger partial charge on any atom is -0.388 e. The highest BCUT2D eigenvalue weighted by atomic mass is 19.1. The minimum absolute atomic E-state index is 0.0955. The number of hydrogen-bond donors (Lipinski definition) is 1. The lowest BCUT2D eigenvalue weighted by atomic mass is 9.73. The summed E-state index contributed by atoms with van der Waals surface area (Å²) in [5.41, 5.74) is 0.642. The zero-order valence-corrected chi connectivity index (χ0v) is 11.6. The summed E-state index contributed by atoms with van der Waals surface area (Å²) >= 11 is 0. The number of benzene rings is 1. The van der Waals surface area contributed by atoms with Gasteiger partial charge in [0.1, 0.15) is 11.6 Å². The largest absolute Gasteiger partial charge is 0.388 e. The molecule has 1 aromatic carbocycles. The quantitative estimate of drug-likeness (QED) is 0.854. The molecule has 3 heteroatoms. The third-order valence-corrected chi connectivity index (χ3v) is 4.49. The molecule has 1 aromatic rings. The van der Waals surface area contributed by atoms with E-state index < -0.39 is 17.7 Å². The summed E-state index contributed by atoms with van der Waals surface area (Å²) < 4.78 is 27.2. The lowest BCUT2D eigenvalue weighted by Gasteiger charge is -2.34. The van der Waals surface area contributed by atoms with Crippen molar-refractivity contribution in [3.63, 3.8) is 0 Å². The van der Waals surface area contributed by atoms with Crippen LogP contribution in [0.2, 0.25) is 0 Å². The van der Waals surface area contributed by atoms with Crippen molar-refractivity contribution in [2.45, 2.75) is 52.1 Å². The van der Waals surface area contributed by atoms with Crippen LogP contribution in [0.3, 0.4) is 0 Å². The summed E-state index contributed by atoms with van der Waals surface area (Å²) in [7, 11) is 0. The fourth-order valence-electron chi connectivity index (χ4n) is 3.30. The molecule has 2 rings (SSSR count). The fraction of sp³-hybridized carbons (Fsp3) is 0.625. The number of aliphatic hydroxyl groups is 1. The van der Waals surface area contributed by atoms with Gasteiger partial charge in [-0.3, -0.25) is 0 Å². The van der Waals surface area contributed by atoms with Gasteiger partial charge in [-0.25, -0.2) is 8.78 Å². The van der Waals surface area contributed by atoms with Crippen LogP contribution in [0.4, 0.5) is 8.78 Å². The van der Waals surface area contributed by atoms with E-state index >= 15 is 0 Å². The molecule has 1 aliphatic carbocycles. The van der Waals surface area contributed by atoms with Crippen molar-refractivity contribution in [1.29, 1.82) is 0 Å². The Morgan fingerprint density at radius 1 is 1.21 bits per heavy atom. The van der Waals surface area contributed by atoms with Gasteiger partial charge < -0.3 is 5.11 Å². The Kier molecular flexibility index (Phi) is 4.56. The van der Waals surface area contributed by atoms with E-state index in [1.54, 1.807) is 6.92 Å². The molecule has 3 atom stereocenters. The van der Waals surface area contributed by atoms with E-state index in [0.717, 1.165) is 31.7 Å². The van der Waals surface area contributed by atoms with Gasteiger partial charge in [0.05, 0.1) is 6.10 Å². The second-order valence-electron chi connectivity index (χ2n) is 5.68. The van der Waals surface area contributed by atoms with Crippen LogP contribution >= 0.6 is 0 Å². The number of rotatable bonds is 3. The van der Waals surface area contributed by atoms with Crippen molar-refractivity contribution < 1.29 is 13.9 Å². The summed E-state index contributed by atoms with van der Waals surface area (Å²) in [6.45, 7) is 3.71. The molecule has 0 spiro atoms. The van der Waals surface area contributed by atoms with Crippen LogP contribution in [-0.4, -0.2) is 5.11 Å². The van der Waals surface area contributed by atoms with E-state index in [9.17, 15) is 13.9 Å². The molecule has 3 unspecified atom stereocenters. The summed E-state index contributed by atoms with van der Waals surface area (Å²) in [5, 5.41) is 10.5. The summed E-state index contributed by atoms with van der Waals surface area (Å²) in [6, 6.07) is 2.34. The summed E-state index contributed by atoms with van der Waals surface area (Å²) in [6.07, 6.45) is 4.48. The molecule has 1 saturated carbocycles. The lowest BCUT2D eigenvalue weighted by Crippen LogP contribution is -2.26. The molecule has 0 saturated heterocycles. The highest BCUT2D eigenvalue weighted by Crippen LogP contribution is 2.41. The molecular formula is C16H22F2O. The standard InChI is InChI=1S/C16H22F2O/c1-3-11-6-4-5-7-12(11)16(19)13-8-10(2)14(17)9-15(13)18/h8-9,11-12,16,19H,3-7H2,1-2H3. The van der Waals surface area contributed by atoms with Crippen LogP contribution in [0.25, 0.3) is 0 Å². The number of halogens is 2. The average Bonchev–Trinajstić information content (AvgIpc) is 2.42. The predicted octanol–water partition coefficient (Wildman–Crippen LogP) is 4.52. The molecular weight excluding hydrogens is 246 g/mol. The van der Waals surface area contributed by atoms with E-state index in [-0.39, 0.29) is 11.5 Å². The van der Waals surface area contributed by atoms with Gasteiger partial charge >= 0.3 is 0 Å². The van der Waals surface area contributed by atoms with Gasteiger partial charge in [-0.05, 0) is 36.8 Å². The van der Waals surface area contributed by atoms with Gasteiger partial charge in [0.15, 0.2) is 0 Å². The Bertz CT molecular complexity index is 445. The third-order valence-electron chi connectivity index (χ3n) is 4.49. The Morgan fingerprint density at radius 2 is 1.89 bits per heavy atom. The van der Waals surface area contributed by atoms with Crippen molar-refractivity contribution in [2.24, 2.45) is 11.8 Å². The maximum Gasteiger partial charge on any atom is 0.131 e. The second kappa shape index (κ2) is 6.00. The smallest absolute Gasteiger partial charge is 0.131 e. The number of aryl methyl sites for hydroxylation is 1. The number of aliphatic hydroxyl groups excluding tert-OH is 1. The second-order valence-corrected chi connectivity index (χ2v) is 5.68. The van der Waals surface area contributed by atoms with Crippen molar-refractivity contribution in [1.82, 2.24) is 0 Å². The fourth-order valence-corrected chi connectivity index (χ4v) is 3.30. The first-order valence-corrected chi connectivity index (χ1v) is 7.18. The first-order valence-electron chi connectivity index (χ1n) is 7.18. The molecule has 0 aliphatic heterocycles. The Morgan fingerprint density at radius 3 is 2.58 bits per heavy atom. The average molecular weight is 268 g/mol. The predicted molar refractivity (Wildman–Crippen MR) is 71.8 cm³/mol. The Labute approximate surface area is 113 Å².